The van der Waals surface area contributed by atoms with Gasteiger partial charge in [-0.3, -0.25) is 0 Å². The van der Waals surface area contributed by atoms with E-state index in [1.54, 1.807) is 12.1 Å². The third kappa shape index (κ3) is 4.05. The summed E-state index contributed by atoms with van der Waals surface area (Å²) in [5.74, 6) is 0.976. The minimum absolute atomic E-state index is 0.257. The van der Waals surface area contributed by atoms with Crippen LogP contribution in [0.1, 0.15) is 25.8 Å². The lowest BCUT2D eigenvalue weighted by atomic mass is 10.1. The smallest absolute Gasteiger partial charge is 0.126 e. The van der Waals surface area contributed by atoms with Gasteiger partial charge in [0.25, 0.3) is 0 Å². The van der Waals surface area contributed by atoms with Crippen LogP contribution in [0, 0.1) is 11.7 Å². The monoisotopic (exact) mass is 222 g/mol. The lowest BCUT2D eigenvalue weighted by molar-refractivity contribution is 0.286. The second-order valence-electron chi connectivity index (χ2n) is 4.28. The Morgan fingerprint density at radius 3 is 2.81 bits per heavy atom. The van der Waals surface area contributed by atoms with Crippen molar-refractivity contribution in [3.05, 3.63) is 42.2 Å². The molecular formula is C14H19FO. The molecule has 0 amide bonds. The van der Waals surface area contributed by atoms with E-state index in [-0.39, 0.29) is 5.82 Å². The summed E-state index contributed by atoms with van der Waals surface area (Å²) in [5, 5.41) is 0. The Balaban J connectivity index is 2.67. The minimum atomic E-state index is -0.257. The highest BCUT2D eigenvalue weighted by atomic mass is 19.1. The molecule has 1 aromatic carbocycles. The Hall–Kier alpha value is -1.31. The molecule has 1 nitrogen and oxygen atoms in total. The third-order valence-corrected chi connectivity index (χ3v) is 2.35. The molecule has 0 fully saturated rings. The molecule has 0 spiro atoms. The zero-order valence-corrected chi connectivity index (χ0v) is 10.0. The molecule has 0 atom stereocenters. The van der Waals surface area contributed by atoms with Gasteiger partial charge in [-0.15, -0.1) is 6.58 Å². The molecule has 1 aromatic rings. The first-order chi connectivity index (χ1) is 7.63. The van der Waals surface area contributed by atoms with Gasteiger partial charge < -0.3 is 4.74 Å². The number of hydrogen-bond acceptors (Lipinski definition) is 1. The summed E-state index contributed by atoms with van der Waals surface area (Å²) in [7, 11) is 0. The van der Waals surface area contributed by atoms with Crippen LogP contribution < -0.4 is 4.74 Å². The highest BCUT2D eigenvalue weighted by Crippen LogP contribution is 2.21. The van der Waals surface area contributed by atoms with Crippen LogP contribution in [-0.4, -0.2) is 6.61 Å². The molecule has 0 radical (unpaired) electrons. The lowest BCUT2D eigenvalue weighted by Gasteiger charge is -2.11. The fraction of sp³-hybridized carbons (Fsp3) is 0.429. The number of halogens is 1. The van der Waals surface area contributed by atoms with Gasteiger partial charge in [-0.05, 0) is 30.4 Å². The predicted octanol–water partition coefficient (Wildman–Crippen LogP) is 3.98. The molecule has 16 heavy (non-hydrogen) atoms. The summed E-state index contributed by atoms with van der Waals surface area (Å²) < 4.78 is 18.7. The predicted molar refractivity (Wildman–Crippen MR) is 65.3 cm³/mol. The lowest BCUT2D eigenvalue weighted by Crippen LogP contribution is -2.03. The SMILES string of the molecule is C=CCc1ccc(F)cc1OCCC(C)C. The van der Waals surface area contributed by atoms with Gasteiger partial charge in [-0.1, -0.05) is 26.0 Å². The quantitative estimate of drug-likeness (QED) is 0.661. The van der Waals surface area contributed by atoms with E-state index in [9.17, 15) is 4.39 Å². The van der Waals surface area contributed by atoms with Crippen LogP contribution in [0.5, 0.6) is 5.75 Å². The van der Waals surface area contributed by atoms with Gasteiger partial charge in [-0.2, -0.15) is 0 Å². The van der Waals surface area contributed by atoms with Gasteiger partial charge in [0.15, 0.2) is 0 Å². The average Bonchev–Trinajstić information content (AvgIpc) is 2.21. The first-order valence-electron chi connectivity index (χ1n) is 5.65. The highest BCUT2D eigenvalue weighted by molar-refractivity contribution is 5.35. The molecule has 1 rings (SSSR count). The Bertz CT molecular complexity index is 345. The largest absolute Gasteiger partial charge is 0.493 e. The van der Waals surface area contributed by atoms with Crippen LogP contribution in [0.15, 0.2) is 30.9 Å². The van der Waals surface area contributed by atoms with Crippen molar-refractivity contribution in [2.45, 2.75) is 26.7 Å². The van der Waals surface area contributed by atoms with Crippen LogP contribution >= 0.6 is 0 Å². The Morgan fingerprint density at radius 2 is 2.19 bits per heavy atom. The molecule has 0 aliphatic rings. The van der Waals surface area contributed by atoms with Gasteiger partial charge in [0.2, 0.25) is 0 Å². The molecule has 2 heteroatoms. The van der Waals surface area contributed by atoms with Crippen molar-refractivity contribution in [3.63, 3.8) is 0 Å². The van der Waals surface area contributed by atoms with E-state index in [0.29, 0.717) is 24.7 Å². The molecule has 0 heterocycles. The van der Waals surface area contributed by atoms with Gasteiger partial charge in [0, 0.05) is 6.07 Å². The van der Waals surface area contributed by atoms with Gasteiger partial charge in [-0.25, -0.2) is 4.39 Å². The Morgan fingerprint density at radius 1 is 1.44 bits per heavy atom. The first-order valence-corrected chi connectivity index (χ1v) is 5.65. The zero-order chi connectivity index (χ0) is 12.0. The second-order valence-corrected chi connectivity index (χ2v) is 4.28. The molecule has 0 aromatic heterocycles. The number of ether oxygens (including phenoxy) is 1. The van der Waals surface area contributed by atoms with Crippen molar-refractivity contribution >= 4 is 0 Å². The van der Waals surface area contributed by atoms with E-state index in [0.717, 1.165) is 12.0 Å². The topological polar surface area (TPSA) is 9.23 Å². The summed E-state index contributed by atoms with van der Waals surface area (Å²) in [6, 6.07) is 4.65. The normalized spacial score (nSPS) is 10.5. The van der Waals surface area contributed by atoms with Crippen LogP contribution in [0.3, 0.4) is 0 Å². The van der Waals surface area contributed by atoms with E-state index < -0.39 is 0 Å². The number of allylic oxidation sites excluding steroid dienone is 1. The van der Waals surface area contributed by atoms with E-state index in [1.807, 2.05) is 0 Å². The zero-order valence-electron chi connectivity index (χ0n) is 10.0. The standard InChI is InChI=1S/C14H19FO/c1-4-5-12-6-7-13(15)10-14(12)16-9-8-11(2)3/h4,6-7,10-11H,1,5,8-9H2,2-3H3. The minimum Gasteiger partial charge on any atom is -0.493 e. The highest BCUT2D eigenvalue weighted by Gasteiger charge is 2.04. The van der Waals surface area contributed by atoms with Gasteiger partial charge in [0.05, 0.1) is 6.61 Å². The molecule has 0 saturated heterocycles. The van der Waals surface area contributed by atoms with Crippen molar-refractivity contribution in [1.82, 2.24) is 0 Å². The third-order valence-electron chi connectivity index (χ3n) is 2.35. The molecule has 0 unspecified atom stereocenters. The van der Waals surface area contributed by atoms with Crippen LogP contribution in [0.25, 0.3) is 0 Å². The fourth-order valence-corrected chi connectivity index (χ4v) is 1.39. The molecule has 0 aliphatic heterocycles. The maximum atomic E-state index is 13.1. The Kier molecular flexibility index (Phi) is 5.03. The van der Waals surface area contributed by atoms with E-state index >= 15 is 0 Å². The molecule has 0 bridgehead atoms. The molecule has 0 aliphatic carbocycles. The van der Waals surface area contributed by atoms with Crippen molar-refractivity contribution in [2.75, 3.05) is 6.61 Å². The summed E-state index contributed by atoms with van der Waals surface area (Å²) in [6.45, 7) is 8.59. The first kappa shape index (κ1) is 12.8. The van der Waals surface area contributed by atoms with Crippen LogP contribution in [-0.2, 0) is 6.42 Å². The fourth-order valence-electron chi connectivity index (χ4n) is 1.39. The summed E-state index contributed by atoms with van der Waals surface area (Å²) in [5.41, 5.74) is 0.986. The van der Waals surface area contributed by atoms with Crippen molar-refractivity contribution < 1.29 is 9.13 Å². The summed E-state index contributed by atoms with van der Waals surface area (Å²) in [6.07, 6.45) is 3.48. The number of benzene rings is 1. The van der Waals surface area contributed by atoms with Gasteiger partial charge in [0.1, 0.15) is 11.6 Å². The van der Waals surface area contributed by atoms with Crippen molar-refractivity contribution in [2.24, 2.45) is 5.92 Å². The number of rotatable bonds is 6. The van der Waals surface area contributed by atoms with Gasteiger partial charge >= 0.3 is 0 Å². The van der Waals surface area contributed by atoms with Crippen molar-refractivity contribution in [1.29, 1.82) is 0 Å². The molecular weight excluding hydrogens is 203 g/mol. The van der Waals surface area contributed by atoms with E-state index in [4.69, 9.17) is 4.74 Å². The van der Waals surface area contributed by atoms with E-state index in [2.05, 4.69) is 20.4 Å². The average molecular weight is 222 g/mol. The molecule has 0 saturated carbocycles. The van der Waals surface area contributed by atoms with Crippen LogP contribution in [0.4, 0.5) is 4.39 Å². The Labute approximate surface area is 96.9 Å². The molecule has 88 valence electrons. The molecule has 0 N–H and O–H groups in total. The summed E-state index contributed by atoms with van der Waals surface area (Å²) in [4.78, 5) is 0. The van der Waals surface area contributed by atoms with E-state index in [1.165, 1.54) is 12.1 Å². The number of hydrogen-bond donors (Lipinski definition) is 0. The van der Waals surface area contributed by atoms with Crippen LogP contribution in [0.2, 0.25) is 0 Å². The maximum absolute atomic E-state index is 13.1. The van der Waals surface area contributed by atoms with Crippen molar-refractivity contribution in [3.8, 4) is 5.75 Å². The summed E-state index contributed by atoms with van der Waals surface area (Å²) >= 11 is 0. The maximum Gasteiger partial charge on any atom is 0.126 e. The second kappa shape index (κ2) is 6.31.